The van der Waals surface area contributed by atoms with E-state index in [0.717, 1.165) is 5.56 Å². The van der Waals surface area contributed by atoms with Crippen LogP contribution in [0.25, 0.3) is 0 Å². The number of carbonyl (C=O) groups excluding carboxylic acids is 2. The molecule has 3 rings (SSSR count). The SMILES string of the molecule is C#C.CCOc1cc(NC(=O)Nc2cccc(CNC(=O)OC3CCOC3)c2)ccc1C#N. The highest BCUT2D eigenvalue weighted by Gasteiger charge is 2.19. The molecule has 2 aromatic rings. The predicted molar refractivity (Wildman–Crippen MR) is 124 cm³/mol. The smallest absolute Gasteiger partial charge is 0.407 e. The van der Waals surface area contributed by atoms with Crippen LogP contribution in [-0.2, 0) is 16.0 Å². The van der Waals surface area contributed by atoms with Crippen LogP contribution in [0.4, 0.5) is 21.0 Å². The first-order valence-corrected chi connectivity index (χ1v) is 10.3. The molecule has 0 radical (unpaired) electrons. The minimum atomic E-state index is -0.502. The highest BCUT2D eigenvalue weighted by Crippen LogP contribution is 2.23. The Labute approximate surface area is 193 Å². The van der Waals surface area contributed by atoms with E-state index in [1.807, 2.05) is 19.1 Å². The van der Waals surface area contributed by atoms with Crippen molar-refractivity contribution < 1.29 is 23.8 Å². The number of rotatable bonds is 7. The van der Waals surface area contributed by atoms with Crippen molar-refractivity contribution in [2.45, 2.75) is 26.0 Å². The highest BCUT2D eigenvalue weighted by molar-refractivity contribution is 6.00. The maximum absolute atomic E-state index is 12.3. The van der Waals surface area contributed by atoms with Crippen LogP contribution < -0.4 is 20.7 Å². The van der Waals surface area contributed by atoms with Gasteiger partial charge in [-0.1, -0.05) is 12.1 Å². The lowest BCUT2D eigenvalue weighted by atomic mass is 10.2. The van der Waals surface area contributed by atoms with Crippen LogP contribution >= 0.6 is 0 Å². The zero-order valence-electron chi connectivity index (χ0n) is 18.3. The lowest BCUT2D eigenvalue weighted by molar-refractivity contribution is 0.0828. The van der Waals surface area contributed by atoms with Gasteiger partial charge in [0.05, 0.1) is 25.4 Å². The fraction of sp³-hybridized carbons (Fsp3) is 0.292. The Hall–Kier alpha value is -4.21. The largest absolute Gasteiger partial charge is 0.492 e. The first kappa shape index (κ1) is 25.1. The van der Waals surface area contributed by atoms with E-state index in [-0.39, 0.29) is 12.6 Å². The molecule has 0 aromatic heterocycles. The van der Waals surface area contributed by atoms with Crippen molar-refractivity contribution in [1.82, 2.24) is 5.32 Å². The molecule has 0 bridgehead atoms. The first-order valence-electron chi connectivity index (χ1n) is 10.3. The number of terminal acetylenes is 1. The molecule has 3 amide bonds. The number of nitrogens with one attached hydrogen (secondary N) is 3. The highest BCUT2D eigenvalue weighted by atomic mass is 16.6. The van der Waals surface area contributed by atoms with E-state index in [1.165, 1.54) is 0 Å². The standard InChI is InChI=1S/C22H24N4O5.C2H2/c1-2-30-20-11-18(7-6-16(20)12-23)26-21(27)25-17-5-3-4-15(10-17)13-24-22(28)31-19-8-9-29-14-19;1-2/h3-7,10-11,19H,2,8-9,13-14H2,1H3,(H,24,28)(H2,25,26,27);1-2H. The Morgan fingerprint density at radius 2 is 1.94 bits per heavy atom. The molecule has 0 aliphatic carbocycles. The molecule has 172 valence electrons. The van der Waals surface area contributed by atoms with Gasteiger partial charge in [-0.2, -0.15) is 5.26 Å². The Kier molecular flexibility index (Phi) is 10.1. The van der Waals surface area contributed by atoms with Crippen LogP contribution in [0, 0.1) is 24.2 Å². The molecule has 3 N–H and O–H groups in total. The summed E-state index contributed by atoms with van der Waals surface area (Å²) in [6, 6.07) is 13.5. The van der Waals surface area contributed by atoms with Crippen molar-refractivity contribution >= 4 is 23.5 Å². The van der Waals surface area contributed by atoms with Crippen LogP contribution in [-0.4, -0.2) is 38.0 Å². The summed E-state index contributed by atoms with van der Waals surface area (Å²) in [5.41, 5.74) is 2.26. The fourth-order valence-electron chi connectivity index (χ4n) is 2.99. The zero-order chi connectivity index (χ0) is 24.1. The van der Waals surface area contributed by atoms with Gasteiger partial charge in [0.25, 0.3) is 0 Å². The molecule has 9 heteroatoms. The molecule has 1 atom stereocenters. The minimum Gasteiger partial charge on any atom is -0.492 e. The van der Waals surface area contributed by atoms with Crippen molar-refractivity contribution in [2.75, 3.05) is 30.5 Å². The number of benzene rings is 2. The molecule has 0 spiro atoms. The van der Waals surface area contributed by atoms with Gasteiger partial charge in [0.15, 0.2) is 0 Å². The zero-order valence-corrected chi connectivity index (χ0v) is 18.3. The molecule has 1 aliphatic rings. The Bertz CT molecular complexity index is 1010. The third-order valence-corrected chi connectivity index (χ3v) is 4.44. The van der Waals surface area contributed by atoms with Gasteiger partial charge in [-0.15, -0.1) is 12.8 Å². The molecule has 1 aliphatic heterocycles. The van der Waals surface area contributed by atoms with Gasteiger partial charge in [0.1, 0.15) is 17.9 Å². The molecule has 1 saturated heterocycles. The number of ether oxygens (including phenoxy) is 3. The van der Waals surface area contributed by atoms with Crippen LogP contribution in [0.1, 0.15) is 24.5 Å². The Morgan fingerprint density at radius 1 is 1.18 bits per heavy atom. The van der Waals surface area contributed by atoms with E-state index >= 15 is 0 Å². The second-order valence-corrected chi connectivity index (χ2v) is 6.78. The molecule has 1 unspecified atom stereocenters. The molecule has 1 heterocycles. The normalized spacial score (nSPS) is 14.1. The van der Waals surface area contributed by atoms with Gasteiger partial charge >= 0.3 is 12.1 Å². The number of hydrogen-bond donors (Lipinski definition) is 3. The molecule has 0 saturated carbocycles. The van der Waals surface area contributed by atoms with Gasteiger partial charge in [-0.25, -0.2) is 9.59 Å². The van der Waals surface area contributed by atoms with Crippen LogP contribution in [0.15, 0.2) is 42.5 Å². The summed E-state index contributed by atoms with van der Waals surface area (Å²) in [7, 11) is 0. The van der Waals surface area contributed by atoms with Crippen molar-refractivity contribution in [3.8, 4) is 24.7 Å². The predicted octanol–water partition coefficient (Wildman–Crippen LogP) is 3.87. The van der Waals surface area contributed by atoms with Crippen LogP contribution in [0.5, 0.6) is 5.75 Å². The summed E-state index contributed by atoms with van der Waals surface area (Å²) in [5.74, 6) is 0.409. The van der Waals surface area contributed by atoms with Gasteiger partial charge in [0.2, 0.25) is 0 Å². The van der Waals surface area contributed by atoms with Gasteiger partial charge < -0.3 is 30.2 Å². The summed E-state index contributed by atoms with van der Waals surface area (Å²) >= 11 is 0. The molecule has 9 nitrogen and oxygen atoms in total. The number of anilines is 2. The van der Waals surface area contributed by atoms with Crippen LogP contribution in [0.3, 0.4) is 0 Å². The lowest BCUT2D eigenvalue weighted by Crippen LogP contribution is -2.28. The number of alkyl carbamates (subject to hydrolysis) is 1. The monoisotopic (exact) mass is 450 g/mol. The van der Waals surface area contributed by atoms with Crippen molar-refractivity contribution in [1.29, 1.82) is 5.26 Å². The van der Waals surface area contributed by atoms with E-state index in [4.69, 9.17) is 19.5 Å². The second kappa shape index (κ2) is 13.3. The number of carbonyl (C=O) groups is 2. The molecular weight excluding hydrogens is 424 g/mol. The minimum absolute atomic E-state index is 0.206. The first-order chi connectivity index (χ1) is 16.1. The van der Waals surface area contributed by atoms with Crippen molar-refractivity contribution in [2.24, 2.45) is 0 Å². The fourth-order valence-corrected chi connectivity index (χ4v) is 2.99. The topological polar surface area (TPSA) is 122 Å². The van der Waals surface area contributed by atoms with E-state index < -0.39 is 12.1 Å². The number of amides is 3. The third kappa shape index (κ3) is 8.09. The maximum Gasteiger partial charge on any atom is 0.407 e. The summed E-state index contributed by atoms with van der Waals surface area (Å²) in [6.45, 7) is 3.51. The molecule has 1 fully saturated rings. The van der Waals surface area contributed by atoms with E-state index in [1.54, 1.807) is 36.4 Å². The van der Waals surface area contributed by atoms with E-state index in [2.05, 4.69) is 28.8 Å². The summed E-state index contributed by atoms with van der Waals surface area (Å²) in [4.78, 5) is 24.2. The average molecular weight is 450 g/mol. The molecule has 33 heavy (non-hydrogen) atoms. The number of nitrogens with zero attached hydrogens (tertiary/aromatic N) is 1. The van der Waals surface area contributed by atoms with E-state index in [9.17, 15) is 9.59 Å². The van der Waals surface area contributed by atoms with Gasteiger partial charge in [0, 0.05) is 30.4 Å². The number of hydrogen-bond acceptors (Lipinski definition) is 6. The molecule has 2 aromatic carbocycles. The van der Waals surface area contributed by atoms with Gasteiger partial charge in [-0.3, -0.25) is 0 Å². The van der Waals surface area contributed by atoms with Gasteiger partial charge in [-0.05, 0) is 36.8 Å². The quantitative estimate of drug-likeness (QED) is 0.551. The maximum atomic E-state index is 12.3. The van der Waals surface area contributed by atoms with Crippen LogP contribution in [0.2, 0.25) is 0 Å². The lowest BCUT2D eigenvalue weighted by Gasteiger charge is -2.12. The Morgan fingerprint density at radius 3 is 2.61 bits per heavy atom. The molecular formula is C24H26N4O5. The van der Waals surface area contributed by atoms with E-state index in [0.29, 0.717) is 48.9 Å². The summed E-state index contributed by atoms with van der Waals surface area (Å²) in [5, 5.41) is 17.3. The average Bonchev–Trinajstić information content (AvgIpc) is 3.33. The van der Waals surface area contributed by atoms with Crippen molar-refractivity contribution in [3.63, 3.8) is 0 Å². The number of nitriles is 1. The summed E-state index contributed by atoms with van der Waals surface area (Å²) < 4.78 is 15.9. The number of urea groups is 1. The summed E-state index contributed by atoms with van der Waals surface area (Å²) in [6.07, 6.45) is 7.99. The third-order valence-electron chi connectivity index (χ3n) is 4.44. The Balaban J connectivity index is 0.00000187. The van der Waals surface area contributed by atoms with Crippen molar-refractivity contribution in [3.05, 3.63) is 53.6 Å². The second-order valence-electron chi connectivity index (χ2n) is 6.78.